The summed E-state index contributed by atoms with van der Waals surface area (Å²) >= 11 is 0. The van der Waals surface area contributed by atoms with Crippen LogP contribution in [0.15, 0.2) is 36.7 Å². The minimum atomic E-state index is -0.0346. The monoisotopic (exact) mass is 325 g/mol. The van der Waals surface area contributed by atoms with Gasteiger partial charge in [0.05, 0.1) is 0 Å². The minimum Gasteiger partial charge on any atom is -0.337 e. The predicted octanol–water partition coefficient (Wildman–Crippen LogP) is 2.70. The van der Waals surface area contributed by atoms with E-state index in [9.17, 15) is 4.79 Å². The molecule has 1 aromatic carbocycles. The van der Waals surface area contributed by atoms with Crippen LogP contribution in [0.2, 0.25) is 0 Å². The average Bonchev–Trinajstić information content (AvgIpc) is 2.64. The minimum absolute atomic E-state index is 0.0346. The van der Waals surface area contributed by atoms with Gasteiger partial charge >= 0.3 is 6.03 Å². The van der Waals surface area contributed by atoms with Gasteiger partial charge in [0.25, 0.3) is 0 Å². The van der Waals surface area contributed by atoms with Gasteiger partial charge in [0.1, 0.15) is 0 Å². The van der Waals surface area contributed by atoms with Crippen molar-refractivity contribution in [2.75, 3.05) is 36.4 Å². The van der Waals surface area contributed by atoms with Crippen LogP contribution in [0.3, 0.4) is 0 Å². The number of anilines is 2. The normalized spacial score (nSPS) is 14.6. The Morgan fingerprint density at radius 2 is 1.83 bits per heavy atom. The van der Waals surface area contributed by atoms with Crippen LogP contribution in [-0.2, 0) is 6.42 Å². The molecule has 0 saturated carbocycles. The van der Waals surface area contributed by atoms with E-state index in [1.807, 2.05) is 24.0 Å². The van der Waals surface area contributed by atoms with Crippen LogP contribution in [0, 0.1) is 6.92 Å². The molecule has 0 bridgehead atoms. The van der Waals surface area contributed by atoms with Crippen LogP contribution in [0.4, 0.5) is 16.4 Å². The van der Waals surface area contributed by atoms with Crippen molar-refractivity contribution in [2.24, 2.45) is 0 Å². The Morgan fingerprint density at radius 3 is 2.50 bits per heavy atom. The molecule has 0 aliphatic carbocycles. The quantitative estimate of drug-likeness (QED) is 0.942. The second-order valence-corrected chi connectivity index (χ2v) is 5.92. The van der Waals surface area contributed by atoms with Gasteiger partial charge in [-0.3, -0.25) is 0 Å². The van der Waals surface area contributed by atoms with Crippen molar-refractivity contribution < 1.29 is 4.79 Å². The summed E-state index contributed by atoms with van der Waals surface area (Å²) < 4.78 is 0. The smallest absolute Gasteiger partial charge is 0.321 e. The fraction of sp³-hybridized carbons (Fsp3) is 0.389. The maximum Gasteiger partial charge on any atom is 0.321 e. The fourth-order valence-electron chi connectivity index (χ4n) is 2.95. The van der Waals surface area contributed by atoms with Gasteiger partial charge in [-0.25, -0.2) is 14.8 Å². The van der Waals surface area contributed by atoms with E-state index in [2.05, 4.69) is 33.2 Å². The van der Waals surface area contributed by atoms with Gasteiger partial charge in [0.15, 0.2) is 0 Å². The van der Waals surface area contributed by atoms with Crippen LogP contribution in [0.25, 0.3) is 0 Å². The van der Waals surface area contributed by atoms with Crippen LogP contribution in [0.1, 0.15) is 18.1 Å². The molecule has 6 nitrogen and oxygen atoms in total. The van der Waals surface area contributed by atoms with E-state index in [4.69, 9.17) is 0 Å². The van der Waals surface area contributed by atoms with Crippen molar-refractivity contribution in [3.05, 3.63) is 47.8 Å². The van der Waals surface area contributed by atoms with Gasteiger partial charge in [-0.15, -0.1) is 0 Å². The summed E-state index contributed by atoms with van der Waals surface area (Å²) in [6.45, 7) is 6.94. The Labute approximate surface area is 142 Å². The van der Waals surface area contributed by atoms with E-state index in [-0.39, 0.29) is 6.03 Å². The highest BCUT2D eigenvalue weighted by Crippen LogP contribution is 2.22. The number of hydrogen-bond acceptors (Lipinski definition) is 4. The van der Waals surface area contributed by atoms with Crippen LogP contribution < -0.4 is 10.2 Å². The van der Waals surface area contributed by atoms with Gasteiger partial charge in [-0.1, -0.05) is 25.1 Å². The van der Waals surface area contributed by atoms with Crippen LogP contribution >= 0.6 is 0 Å². The molecule has 0 spiro atoms. The van der Waals surface area contributed by atoms with Gasteiger partial charge in [-0.05, 0) is 30.5 Å². The molecule has 1 N–H and O–H groups in total. The molecule has 1 aliphatic rings. The van der Waals surface area contributed by atoms with E-state index >= 15 is 0 Å². The Bertz CT molecular complexity index is 696. The average molecular weight is 325 g/mol. The van der Waals surface area contributed by atoms with Crippen molar-refractivity contribution >= 4 is 17.7 Å². The third-order valence-electron chi connectivity index (χ3n) is 4.37. The summed E-state index contributed by atoms with van der Waals surface area (Å²) in [5.41, 5.74) is 3.21. The van der Waals surface area contributed by atoms with Crippen molar-refractivity contribution in [3.8, 4) is 0 Å². The number of amides is 2. The molecule has 2 aromatic rings. The van der Waals surface area contributed by atoms with E-state index in [1.165, 1.54) is 5.56 Å². The molecule has 0 radical (unpaired) electrons. The number of nitrogens with one attached hydrogen (secondary N) is 1. The lowest BCUT2D eigenvalue weighted by atomic mass is 10.1. The molecular formula is C18H23N5O. The van der Waals surface area contributed by atoms with Gasteiger partial charge in [0.2, 0.25) is 5.95 Å². The number of urea groups is 1. The van der Waals surface area contributed by atoms with Crippen molar-refractivity contribution in [2.45, 2.75) is 20.3 Å². The Morgan fingerprint density at radius 1 is 1.12 bits per heavy atom. The standard InChI is InChI=1S/C18H23N5O/c1-3-15-7-4-6-14(2)16(15)21-18(24)23-12-10-22(11-13-23)17-19-8-5-9-20-17/h4-9H,3,10-13H2,1-2H3,(H,21,24). The zero-order valence-electron chi connectivity index (χ0n) is 14.2. The first kappa shape index (κ1) is 16.2. The molecular weight excluding hydrogens is 302 g/mol. The second-order valence-electron chi connectivity index (χ2n) is 5.92. The number of nitrogens with zero attached hydrogens (tertiary/aromatic N) is 4. The first-order valence-corrected chi connectivity index (χ1v) is 8.35. The molecule has 3 rings (SSSR count). The van der Waals surface area contributed by atoms with E-state index in [0.717, 1.165) is 36.7 Å². The topological polar surface area (TPSA) is 61.4 Å². The summed E-state index contributed by atoms with van der Waals surface area (Å²) in [5.74, 6) is 0.727. The predicted molar refractivity (Wildman–Crippen MR) is 95.4 cm³/mol. The molecule has 24 heavy (non-hydrogen) atoms. The highest BCUT2D eigenvalue weighted by molar-refractivity contribution is 5.91. The molecule has 1 aliphatic heterocycles. The van der Waals surface area contributed by atoms with Gasteiger partial charge in [-0.2, -0.15) is 0 Å². The number of aromatic nitrogens is 2. The lowest BCUT2D eigenvalue weighted by Crippen LogP contribution is -2.50. The second kappa shape index (κ2) is 7.29. The fourth-order valence-corrected chi connectivity index (χ4v) is 2.95. The molecule has 2 heterocycles. The summed E-state index contributed by atoms with van der Waals surface area (Å²) in [4.78, 5) is 25.1. The molecule has 0 atom stereocenters. The third-order valence-corrected chi connectivity index (χ3v) is 4.37. The molecule has 1 saturated heterocycles. The van der Waals surface area contributed by atoms with Crippen molar-refractivity contribution in [1.29, 1.82) is 0 Å². The van der Waals surface area contributed by atoms with Crippen molar-refractivity contribution in [3.63, 3.8) is 0 Å². The number of piperazine rings is 1. The molecule has 6 heteroatoms. The molecule has 0 unspecified atom stereocenters. The van der Waals surface area contributed by atoms with Gasteiger partial charge < -0.3 is 15.1 Å². The Balaban J connectivity index is 1.62. The lowest BCUT2D eigenvalue weighted by Gasteiger charge is -2.34. The SMILES string of the molecule is CCc1cccc(C)c1NC(=O)N1CCN(c2ncccn2)CC1. The highest BCUT2D eigenvalue weighted by Gasteiger charge is 2.23. The maximum absolute atomic E-state index is 12.6. The first-order chi connectivity index (χ1) is 11.7. The number of carbonyl (C=O) groups is 1. The van der Waals surface area contributed by atoms with Crippen LogP contribution in [0.5, 0.6) is 0 Å². The number of carbonyl (C=O) groups excluding carboxylic acids is 1. The number of para-hydroxylation sites is 1. The number of aryl methyl sites for hydroxylation is 2. The van der Waals surface area contributed by atoms with Crippen molar-refractivity contribution in [1.82, 2.24) is 14.9 Å². The zero-order valence-corrected chi connectivity index (χ0v) is 14.2. The number of hydrogen-bond donors (Lipinski definition) is 1. The Kier molecular flexibility index (Phi) is 4.93. The molecule has 1 fully saturated rings. The third kappa shape index (κ3) is 3.48. The highest BCUT2D eigenvalue weighted by atomic mass is 16.2. The molecule has 1 aromatic heterocycles. The van der Waals surface area contributed by atoms with E-state index in [1.54, 1.807) is 18.5 Å². The molecule has 126 valence electrons. The molecule has 2 amide bonds. The summed E-state index contributed by atoms with van der Waals surface area (Å²) in [7, 11) is 0. The summed E-state index contributed by atoms with van der Waals surface area (Å²) in [6.07, 6.45) is 4.38. The van der Waals surface area contributed by atoms with E-state index in [0.29, 0.717) is 13.1 Å². The summed E-state index contributed by atoms with van der Waals surface area (Å²) in [5, 5.41) is 3.09. The Hall–Kier alpha value is -2.63. The van der Waals surface area contributed by atoms with Gasteiger partial charge in [0, 0.05) is 44.3 Å². The first-order valence-electron chi connectivity index (χ1n) is 8.35. The zero-order chi connectivity index (χ0) is 16.9. The number of rotatable bonds is 3. The van der Waals surface area contributed by atoms with Crippen LogP contribution in [-0.4, -0.2) is 47.1 Å². The maximum atomic E-state index is 12.6. The largest absolute Gasteiger partial charge is 0.337 e. The van der Waals surface area contributed by atoms with E-state index < -0.39 is 0 Å². The lowest BCUT2D eigenvalue weighted by molar-refractivity contribution is 0.208. The number of benzene rings is 1. The summed E-state index contributed by atoms with van der Waals surface area (Å²) in [6, 6.07) is 7.89.